The first-order chi connectivity index (χ1) is 17.9. The number of methoxy groups -OCH3 is 1. The molecule has 3 amide bonds. The number of halogens is 1. The molecule has 0 bridgehead atoms. The van der Waals surface area contributed by atoms with E-state index in [0.717, 1.165) is 23.7 Å². The van der Waals surface area contributed by atoms with Crippen molar-refractivity contribution < 1.29 is 23.5 Å². The quantitative estimate of drug-likeness (QED) is 0.355. The molecular weight excluding hydrogens is 477 g/mol. The molecule has 3 aromatic rings. The summed E-state index contributed by atoms with van der Waals surface area (Å²) in [4.78, 5) is 41.8. The zero-order valence-electron chi connectivity index (χ0n) is 20.1. The number of fused-ring (bicyclic) bond motifs is 2. The monoisotopic (exact) mass is 503 g/mol. The van der Waals surface area contributed by atoms with Crippen molar-refractivity contribution in [2.24, 2.45) is 5.92 Å². The number of hydrogen-bond donors (Lipinski definition) is 4. The van der Waals surface area contributed by atoms with Crippen molar-refractivity contribution in [1.82, 2.24) is 15.6 Å². The van der Waals surface area contributed by atoms with Gasteiger partial charge in [-0.2, -0.15) is 5.26 Å². The number of carbonyl (C=O) groups is 3. The van der Waals surface area contributed by atoms with Crippen LogP contribution in [0.15, 0.2) is 42.5 Å². The van der Waals surface area contributed by atoms with Crippen LogP contribution >= 0.6 is 0 Å². The number of aromatic nitrogens is 1. The van der Waals surface area contributed by atoms with Gasteiger partial charge in [0.15, 0.2) is 0 Å². The maximum absolute atomic E-state index is 14.1. The summed E-state index contributed by atoms with van der Waals surface area (Å²) in [5.74, 6) is -1.76. The van der Waals surface area contributed by atoms with E-state index in [4.69, 9.17) is 4.74 Å². The highest BCUT2D eigenvalue weighted by molar-refractivity contribution is 6.03. The van der Waals surface area contributed by atoms with E-state index < -0.39 is 41.5 Å². The molecule has 4 N–H and O–H groups in total. The second-order valence-corrected chi connectivity index (χ2v) is 9.48. The maximum Gasteiger partial charge on any atom is 0.268 e. The number of amides is 3. The normalized spacial score (nSPS) is 17.9. The molecule has 0 spiro atoms. The fraction of sp³-hybridized carbons (Fsp3) is 0.333. The number of rotatable bonds is 9. The minimum absolute atomic E-state index is 0.0174. The summed E-state index contributed by atoms with van der Waals surface area (Å²) >= 11 is 0. The Balaban J connectivity index is 1.29. The third kappa shape index (κ3) is 4.98. The lowest BCUT2D eigenvalue weighted by molar-refractivity contribution is -0.124. The van der Waals surface area contributed by atoms with Crippen LogP contribution in [-0.2, 0) is 9.59 Å². The molecule has 2 aromatic carbocycles. The minimum Gasteiger partial charge on any atom is -0.496 e. The molecule has 190 valence electrons. The third-order valence-electron chi connectivity index (χ3n) is 6.91. The van der Waals surface area contributed by atoms with Gasteiger partial charge < -0.3 is 25.7 Å². The fourth-order valence-corrected chi connectivity index (χ4v) is 4.78. The number of aromatic amines is 1. The number of carbonyl (C=O) groups excluding carboxylic acids is 3. The Morgan fingerprint density at radius 1 is 1.19 bits per heavy atom. The van der Waals surface area contributed by atoms with Crippen LogP contribution in [0.2, 0.25) is 0 Å². The lowest BCUT2D eigenvalue weighted by Gasteiger charge is -2.21. The molecule has 3 unspecified atom stereocenters. The van der Waals surface area contributed by atoms with Crippen LogP contribution in [0.1, 0.15) is 47.7 Å². The Kier molecular flexibility index (Phi) is 6.53. The van der Waals surface area contributed by atoms with E-state index in [9.17, 15) is 24.0 Å². The highest BCUT2D eigenvalue weighted by Crippen LogP contribution is 2.37. The summed E-state index contributed by atoms with van der Waals surface area (Å²) in [6.45, 7) is 0. The van der Waals surface area contributed by atoms with Gasteiger partial charge in [-0.1, -0.05) is 31.0 Å². The number of benzene rings is 2. The molecule has 1 saturated carbocycles. The second-order valence-electron chi connectivity index (χ2n) is 9.48. The van der Waals surface area contributed by atoms with Gasteiger partial charge in [0, 0.05) is 10.9 Å². The van der Waals surface area contributed by atoms with Crippen LogP contribution < -0.4 is 20.7 Å². The van der Waals surface area contributed by atoms with Gasteiger partial charge in [-0.25, -0.2) is 4.39 Å². The lowest BCUT2D eigenvalue weighted by Crippen LogP contribution is -2.50. The molecule has 1 aromatic heterocycles. The highest BCUT2D eigenvalue weighted by Gasteiger charge is 2.36. The standard InChI is InChI=1S/C27H26FN5O4/c1-37-23-7-3-6-20-18(23)12-22(31-20)27(36)32-21(10-14-8-9-14)26(35)30-15(13-29)11-17-16-4-2-5-19(28)24(16)33-25(17)34/h2-7,12,14-15,17,21,31H,8-11H2,1H3,(H,30,35)(H,32,36)(H,33,34). The SMILES string of the molecule is COc1cccc2[nH]c(C(=O)NC(CC3CC3)C(=O)NC(C#N)CC3C(=O)Nc4c(F)cccc43)cc12. The van der Waals surface area contributed by atoms with Crippen molar-refractivity contribution in [3.63, 3.8) is 0 Å². The smallest absolute Gasteiger partial charge is 0.268 e. The van der Waals surface area contributed by atoms with E-state index in [1.807, 2.05) is 18.2 Å². The first kappa shape index (κ1) is 24.3. The molecule has 2 heterocycles. The van der Waals surface area contributed by atoms with E-state index in [-0.39, 0.29) is 17.8 Å². The largest absolute Gasteiger partial charge is 0.496 e. The van der Waals surface area contributed by atoms with E-state index in [1.165, 1.54) is 12.1 Å². The van der Waals surface area contributed by atoms with Gasteiger partial charge in [0.1, 0.15) is 29.3 Å². The number of nitrogens with one attached hydrogen (secondary N) is 4. The molecule has 2 aliphatic rings. The van der Waals surface area contributed by atoms with Gasteiger partial charge in [0.25, 0.3) is 5.91 Å². The Hall–Kier alpha value is -4.39. The zero-order valence-corrected chi connectivity index (χ0v) is 20.1. The highest BCUT2D eigenvalue weighted by atomic mass is 19.1. The average molecular weight is 504 g/mol. The van der Waals surface area contributed by atoms with Crippen molar-refractivity contribution in [3.05, 3.63) is 59.5 Å². The maximum atomic E-state index is 14.1. The summed E-state index contributed by atoms with van der Waals surface area (Å²) in [5, 5.41) is 18.4. The van der Waals surface area contributed by atoms with E-state index in [0.29, 0.717) is 23.7 Å². The molecule has 5 rings (SSSR count). The first-order valence-corrected chi connectivity index (χ1v) is 12.1. The van der Waals surface area contributed by atoms with Gasteiger partial charge in [-0.05, 0) is 48.6 Å². The number of nitriles is 1. The van der Waals surface area contributed by atoms with Crippen molar-refractivity contribution in [1.29, 1.82) is 5.26 Å². The molecule has 37 heavy (non-hydrogen) atoms. The predicted octanol–water partition coefficient (Wildman–Crippen LogP) is 3.35. The Morgan fingerprint density at radius 3 is 2.70 bits per heavy atom. The van der Waals surface area contributed by atoms with E-state index >= 15 is 0 Å². The molecular formula is C27H26FN5O4. The van der Waals surface area contributed by atoms with Crippen molar-refractivity contribution in [2.45, 2.75) is 43.7 Å². The van der Waals surface area contributed by atoms with Crippen LogP contribution in [0, 0.1) is 23.1 Å². The number of ether oxygens (including phenoxy) is 1. The van der Waals surface area contributed by atoms with Crippen LogP contribution in [0.25, 0.3) is 10.9 Å². The van der Waals surface area contributed by atoms with Crippen molar-refractivity contribution >= 4 is 34.3 Å². The number of hydrogen-bond acceptors (Lipinski definition) is 5. The summed E-state index contributed by atoms with van der Waals surface area (Å²) in [6.07, 6.45) is 2.36. The summed E-state index contributed by atoms with van der Waals surface area (Å²) in [5.41, 5.74) is 1.57. The fourth-order valence-electron chi connectivity index (χ4n) is 4.78. The Bertz CT molecular complexity index is 1420. The van der Waals surface area contributed by atoms with Crippen LogP contribution in [0.3, 0.4) is 0 Å². The average Bonchev–Trinajstić information content (AvgIpc) is 3.50. The number of nitrogens with zero attached hydrogens (tertiary/aromatic N) is 1. The molecule has 10 heteroatoms. The lowest BCUT2D eigenvalue weighted by atomic mass is 9.93. The molecule has 1 fully saturated rings. The molecule has 9 nitrogen and oxygen atoms in total. The minimum atomic E-state index is -1.01. The zero-order chi connectivity index (χ0) is 26.1. The predicted molar refractivity (Wildman–Crippen MR) is 133 cm³/mol. The summed E-state index contributed by atoms with van der Waals surface area (Å²) < 4.78 is 19.4. The van der Waals surface area contributed by atoms with Crippen LogP contribution in [0.4, 0.5) is 10.1 Å². The molecule has 1 aliphatic heterocycles. The number of anilines is 1. The Morgan fingerprint density at radius 2 is 1.97 bits per heavy atom. The number of H-pyrrole nitrogens is 1. The summed E-state index contributed by atoms with van der Waals surface area (Å²) in [7, 11) is 1.55. The van der Waals surface area contributed by atoms with Crippen LogP contribution in [0.5, 0.6) is 5.75 Å². The molecule has 0 saturated heterocycles. The third-order valence-corrected chi connectivity index (χ3v) is 6.91. The second kappa shape index (κ2) is 9.93. The Labute approximate surface area is 212 Å². The molecule has 0 radical (unpaired) electrons. The van der Waals surface area contributed by atoms with Crippen molar-refractivity contribution in [3.8, 4) is 11.8 Å². The van der Waals surface area contributed by atoms with Crippen molar-refractivity contribution in [2.75, 3.05) is 12.4 Å². The van der Waals surface area contributed by atoms with E-state index in [1.54, 1.807) is 25.3 Å². The van der Waals surface area contributed by atoms with Crippen LogP contribution in [-0.4, -0.2) is 41.9 Å². The van der Waals surface area contributed by atoms with Gasteiger partial charge in [0.05, 0.1) is 24.8 Å². The van der Waals surface area contributed by atoms with Gasteiger partial charge in [0.2, 0.25) is 11.8 Å². The first-order valence-electron chi connectivity index (χ1n) is 12.1. The molecule has 3 atom stereocenters. The van der Waals surface area contributed by atoms with Gasteiger partial charge in [-0.15, -0.1) is 0 Å². The van der Waals surface area contributed by atoms with Gasteiger partial charge >= 0.3 is 0 Å². The van der Waals surface area contributed by atoms with Gasteiger partial charge in [-0.3, -0.25) is 14.4 Å². The topological polar surface area (TPSA) is 136 Å². The van der Waals surface area contributed by atoms with E-state index in [2.05, 4.69) is 20.9 Å². The summed E-state index contributed by atoms with van der Waals surface area (Å²) in [6, 6.07) is 11.6. The molecule has 1 aliphatic carbocycles. The number of para-hydroxylation sites is 1.